The standard InChI is InChI=1S/C14H16N2O3S/c1-11-4-3-5-12(8-11)10-16(2)20(18,19)13-6-7-14(17)15-9-13/h3-9H,10H2,1-2H3,(H,15,17). The van der Waals surface area contributed by atoms with Crippen molar-refractivity contribution in [2.75, 3.05) is 7.05 Å². The molecular weight excluding hydrogens is 276 g/mol. The van der Waals surface area contributed by atoms with Crippen molar-refractivity contribution < 1.29 is 8.42 Å². The van der Waals surface area contributed by atoms with Gasteiger partial charge < -0.3 is 4.98 Å². The molecule has 0 fully saturated rings. The summed E-state index contributed by atoms with van der Waals surface area (Å²) in [6.45, 7) is 2.24. The van der Waals surface area contributed by atoms with E-state index in [0.717, 1.165) is 11.1 Å². The summed E-state index contributed by atoms with van der Waals surface area (Å²) in [7, 11) is -2.09. The molecule has 6 heteroatoms. The molecule has 0 aliphatic carbocycles. The van der Waals surface area contributed by atoms with Crippen molar-refractivity contribution in [3.05, 3.63) is 64.1 Å². The highest BCUT2D eigenvalue weighted by Crippen LogP contribution is 2.15. The molecule has 0 aliphatic heterocycles. The molecule has 0 saturated carbocycles. The van der Waals surface area contributed by atoms with E-state index in [4.69, 9.17) is 0 Å². The summed E-state index contributed by atoms with van der Waals surface area (Å²) in [4.78, 5) is 13.4. The van der Waals surface area contributed by atoms with Crippen molar-refractivity contribution in [1.29, 1.82) is 0 Å². The number of nitrogens with zero attached hydrogens (tertiary/aromatic N) is 1. The number of rotatable bonds is 4. The topological polar surface area (TPSA) is 70.2 Å². The Morgan fingerprint density at radius 3 is 2.55 bits per heavy atom. The summed E-state index contributed by atoms with van der Waals surface area (Å²) in [5.41, 5.74) is 1.67. The predicted octanol–water partition coefficient (Wildman–Crippen LogP) is 1.50. The molecule has 2 aromatic rings. The fourth-order valence-corrected chi connectivity index (χ4v) is 3.02. The van der Waals surface area contributed by atoms with Gasteiger partial charge in [0.15, 0.2) is 0 Å². The van der Waals surface area contributed by atoms with Crippen molar-refractivity contribution in [2.45, 2.75) is 18.4 Å². The Hall–Kier alpha value is -1.92. The molecule has 20 heavy (non-hydrogen) atoms. The second-order valence-corrected chi connectivity index (χ2v) is 6.68. The lowest BCUT2D eigenvalue weighted by Gasteiger charge is -2.17. The number of H-pyrrole nitrogens is 1. The Morgan fingerprint density at radius 1 is 1.20 bits per heavy atom. The van der Waals surface area contributed by atoms with E-state index in [1.807, 2.05) is 31.2 Å². The fraction of sp³-hybridized carbons (Fsp3) is 0.214. The molecule has 2 rings (SSSR count). The summed E-state index contributed by atoms with van der Waals surface area (Å²) in [6, 6.07) is 10.2. The first-order valence-corrected chi connectivity index (χ1v) is 7.54. The SMILES string of the molecule is Cc1cccc(CN(C)S(=O)(=O)c2ccc(=O)[nH]c2)c1. The van der Waals surface area contributed by atoms with Crippen molar-refractivity contribution in [1.82, 2.24) is 9.29 Å². The Morgan fingerprint density at radius 2 is 1.95 bits per heavy atom. The van der Waals surface area contributed by atoms with Gasteiger partial charge in [0.2, 0.25) is 15.6 Å². The lowest BCUT2D eigenvalue weighted by atomic mass is 10.1. The van der Waals surface area contributed by atoms with Crippen LogP contribution in [-0.4, -0.2) is 24.8 Å². The van der Waals surface area contributed by atoms with E-state index in [9.17, 15) is 13.2 Å². The largest absolute Gasteiger partial charge is 0.328 e. The molecule has 0 aliphatic rings. The van der Waals surface area contributed by atoms with Gasteiger partial charge in [-0.05, 0) is 18.6 Å². The molecule has 0 spiro atoms. The molecule has 0 saturated heterocycles. The first-order chi connectivity index (χ1) is 9.39. The zero-order valence-corrected chi connectivity index (χ0v) is 12.1. The first kappa shape index (κ1) is 14.5. The van der Waals surface area contributed by atoms with Gasteiger partial charge in [-0.1, -0.05) is 29.8 Å². The van der Waals surface area contributed by atoms with Gasteiger partial charge in [-0.2, -0.15) is 4.31 Å². The second kappa shape index (κ2) is 5.60. The van der Waals surface area contributed by atoms with Crippen LogP contribution in [0.2, 0.25) is 0 Å². The van der Waals surface area contributed by atoms with Crippen LogP contribution < -0.4 is 5.56 Å². The Balaban J connectivity index is 2.25. The third-order valence-corrected chi connectivity index (χ3v) is 4.75. The highest BCUT2D eigenvalue weighted by Gasteiger charge is 2.20. The number of aromatic nitrogens is 1. The number of pyridine rings is 1. The number of hydrogen-bond donors (Lipinski definition) is 1. The molecular formula is C14H16N2O3S. The minimum Gasteiger partial charge on any atom is -0.328 e. The highest BCUT2D eigenvalue weighted by molar-refractivity contribution is 7.89. The Bertz CT molecular complexity index is 745. The van der Waals surface area contributed by atoms with Gasteiger partial charge in [0.05, 0.1) is 4.90 Å². The maximum Gasteiger partial charge on any atom is 0.247 e. The van der Waals surface area contributed by atoms with E-state index in [2.05, 4.69) is 4.98 Å². The fourth-order valence-electron chi connectivity index (χ4n) is 1.89. The second-order valence-electron chi connectivity index (χ2n) is 4.64. The average Bonchev–Trinajstić information content (AvgIpc) is 2.39. The summed E-state index contributed by atoms with van der Waals surface area (Å²) in [5, 5.41) is 0. The summed E-state index contributed by atoms with van der Waals surface area (Å²) < 4.78 is 25.9. The number of nitrogens with one attached hydrogen (secondary N) is 1. The zero-order chi connectivity index (χ0) is 14.8. The molecule has 0 amide bonds. The van der Waals surface area contributed by atoms with E-state index < -0.39 is 10.0 Å². The van der Waals surface area contributed by atoms with Crippen LogP contribution in [0, 0.1) is 6.92 Å². The summed E-state index contributed by atoms with van der Waals surface area (Å²) in [5.74, 6) is 0. The molecule has 1 N–H and O–H groups in total. The lowest BCUT2D eigenvalue weighted by Crippen LogP contribution is -2.27. The number of sulfonamides is 1. The number of aryl methyl sites for hydroxylation is 1. The third-order valence-electron chi connectivity index (χ3n) is 2.95. The monoisotopic (exact) mass is 292 g/mol. The first-order valence-electron chi connectivity index (χ1n) is 6.10. The van der Waals surface area contributed by atoms with Gasteiger partial charge in [-0.25, -0.2) is 8.42 Å². The van der Waals surface area contributed by atoms with Crippen LogP contribution >= 0.6 is 0 Å². The number of aromatic amines is 1. The molecule has 1 aromatic heterocycles. The van der Waals surface area contributed by atoms with Crippen molar-refractivity contribution in [3.63, 3.8) is 0 Å². The van der Waals surface area contributed by atoms with Crippen LogP contribution in [0.25, 0.3) is 0 Å². The highest BCUT2D eigenvalue weighted by atomic mass is 32.2. The van der Waals surface area contributed by atoms with Crippen LogP contribution in [0.15, 0.2) is 52.3 Å². The molecule has 5 nitrogen and oxygen atoms in total. The van der Waals surface area contributed by atoms with Crippen LogP contribution in [-0.2, 0) is 16.6 Å². The molecule has 0 radical (unpaired) electrons. The molecule has 1 aromatic carbocycles. The number of hydrogen-bond acceptors (Lipinski definition) is 3. The summed E-state index contributed by atoms with van der Waals surface area (Å²) in [6.07, 6.45) is 1.21. The van der Waals surface area contributed by atoms with Gasteiger partial charge in [0.1, 0.15) is 0 Å². The van der Waals surface area contributed by atoms with Gasteiger partial charge in [0.25, 0.3) is 0 Å². The Kier molecular flexibility index (Phi) is 4.06. The molecule has 1 heterocycles. The van der Waals surface area contributed by atoms with E-state index >= 15 is 0 Å². The maximum atomic E-state index is 12.3. The third kappa shape index (κ3) is 3.15. The predicted molar refractivity (Wildman–Crippen MR) is 76.9 cm³/mol. The van der Waals surface area contributed by atoms with Gasteiger partial charge in [0, 0.05) is 25.9 Å². The van der Waals surface area contributed by atoms with Crippen molar-refractivity contribution in [3.8, 4) is 0 Å². The minimum atomic E-state index is -3.60. The van der Waals surface area contributed by atoms with Gasteiger partial charge >= 0.3 is 0 Å². The normalized spacial score (nSPS) is 11.8. The summed E-state index contributed by atoms with van der Waals surface area (Å²) >= 11 is 0. The molecule has 106 valence electrons. The average molecular weight is 292 g/mol. The van der Waals surface area contributed by atoms with Crippen LogP contribution in [0.5, 0.6) is 0 Å². The van der Waals surface area contributed by atoms with Crippen LogP contribution in [0.4, 0.5) is 0 Å². The van der Waals surface area contributed by atoms with Crippen LogP contribution in [0.3, 0.4) is 0 Å². The smallest absolute Gasteiger partial charge is 0.247 e. The molecule has 0 unspecified atom stereocenters. The van der Waals surface area contributed by atoms with E-state index in [0.29, 0.717) is 0 Å². The maximum absolute atomic E-state index is 12.3. The van der Waals surface area contributed by atoms with E-state index in [1.165, 1.54) is 29.7 Å². The number of benzene rings is 1. The van der Waals surface area contributed by atoms with Crippen molar-refractivity contribution >= 4 is 10.0 Å². The lowest BCUT2D eigenvalue weighted by molar-refractivity contribution is 0.466. The minimum absolute atomic E-state index is 0.0762. The molecule has 0 atom stereocenters. The Labute approximate surface area is 117 Å². The molecule has 0 bridgehead atoms. The zero-order valence-electron chi connectivity index (χ0n) is 11.3. The van der Waals surface area contributed by atoms with Crippen molar-refractivity contribution in [2.24, 2.45) is 0 Å². The quantitative estimate of drug-likeness (QED) is 0.928. The van der Waals surface area contributed by atoms with E-state index in [1.54, 1.807) is 0 Å². The van der Waals surface area contributed by atoms with Crippen LogP contribution in [0.1, 0.15) is 11.1 Å². The van der Waals surface area contributed by atoms with Gasteiger partial charge in [-0.3, -0.25) is 4.79 Å². The van der Waals surface area contributed by atoms with Gasteiger partial charge in [-0.15, -0.1) is 0 Å². The van der Waals surface area contributed by atoms with E-state index in [-0.39, 0.29) is 17.0 Å².